The van der Waals surface area contributed by atoms with Gasteiger partial charge in [-0.3, -0.25) is 4.99 Å². The SMILES string of the molecule is CC1=NCCNC1(C)C. The Bertz CT molecular complexity index is 136. The first kappa shape index (κ1) is 6.75. The lowest BCUT2D eigenvalue weighted by Gasteiger charge is -2.29. The van der Waals surface area contributed by atoms with Crippen molar-refractivity contribution in [3.05, 3.63) is 0 Å². The number of hydrogen-bond donors (Lipinski definition) is 1. The topological polar surface area (TPSA) is 24.4 Å². The monoisotopic (exact) mass is 126 g/mol. The van der Waals surface area contributed by atoms with E-state index in [-0.39, 0.29) is 5.54 Å². The molecule has 2 heteroatoms. The third-order valence-corrected chi connectivity index (χ3v) is 1.93. The Kier molecular flexibility index (Phi) is 1.58. The van der Waals surface area contributed by atoms with E-state index in [0.717, 1.165) is 13.1 Å². The molecule has 0 atom stereocenters. The fourth-order valence-electron chi connectivity index (χ4n) is 0.918. The van der Waals surface area contributed by atoms with Crippen LogP contribution in [0.3, 0.4) is 0 Å². The van der Waals surface area contributed by atoms with Crippen molar-refractivity contribution in [2.24, 2.45) is 4.99 Å². The van der Waals surface area contributed by atoms with E-state index >= 15 is 0 Å². The molecular weight excluding hydrogens is 112 g/mol. The minimum absolute atomic E-state index is 0.137. The average Bonchev–Trinajstić information content (AvgIpc) is 1.77. The van der Waals surface area contributed by atoms with Crippen LogP contribution in [-0.2, 0) is 0 Å². The van der Waals surface area contributed by atoms with Crippen LogP contribution < -0.4 is 5.32 Å². The molecule has 9 heavy (non-hydrogen) atoms. The molecule has 0 fully saturated rings. The molecule has 1 rings (SSSR count). The van der Waals surface area contributed by atoms with Crippen LogP contribution in [0.1, 0.15) is 20.8 Å². The van der Waals surface area contributed by atoms with Crippen LogP contribution >= 0.6 is 0 Å². The first-order valence-electron chi connectivity index (χ1n) is 3.39. The van der Waals surface area contributed by atoms with Gasteiger partial charge in [0.25, 0.3) is 0 Å². The second-order valence-corrected chi connectivity index (χ2v) is 3.02. The van der Waals surface area contributed by atoms with Crippen LogP contribution in [0.5, 0.6) is 0 Å². The maximum atomic E-state index is 4.34. The molecular formula is C7H14N2. The summed E-state index contributed by atoms with van der Waals surface area (Å²) in [5.41, 5.74) is 1.35. The van der Waals surface area contributed by atoms with Crippen molar-refractivity contribution in [2.75, 3.05) is 13.1 Å². The van der Waals surface area contributed by atoms with E-state index in [1.807, 2.05) is 0 Å². The average molecular weight is 126 g/mol. The Morgan fingerprint density at radius 1 is 1.56 bits per heavy atom. The molecule has 0 aromatic rings. The third kappa shape index (κ3) is 1.30. The Morgan fingerprint density at radius 3 is 2.56 bits per heavy atom. The molecule has 0 aromatic heterocycles. The van der Waals surface area contributed by atoms with Gasteiger partial charge in [0, 0.05) is 12.3 Å². The van der Waals surface area contributed by atoms with E-state index in [1.165, 1.54) is 5.71 Å². The van der Waals surface area contributed by atoms with Gasteiger partial charge in [0.05, 0.1) is 12.1 Å². The Labute approximate surface area is 56.4 Å². The normalized spacial score (nSPS) is 25.4. The Morgan fingerprint density at radius 2 is 2.22 bits per heavy atom. The molecule has 0 radical (unpaired) electrons. The van der Waals surface area contributed by atoms with Gasteiger partial charge in [-0.1, -0.05) is 0 Å². The predicted octanol–water partition coefficient (Wildman–Crippen LogP) is 0.829. The number of aliphatic imine (C=N–C) groups is 1. The van der Waals surface area contributed by atoms with Gasteiger partial charge >= 0.3 is 0 Å². The van der Waals surface area contributed by atoms with E-state index in [9.17, 15) is 0 Å². The maximum absolute atomic E-state index is 4.34. The molecule has 0 bridgehead atoms. The smallest absolute Gasteiger partial charge is 0.0514 e. The van der Waals surface area contributed by atoms with Crippen LogP contribution in [-0.4, -0.2) is 24.3 Å². The van der Waals surface area contributed by atoms with Crippen molar-refractivity contribution >= 4 is 5.71 Å². The van der Waals surface area contributed by atoms with E-state index in [1.54, 1.807) is 0 Å². The molecule has 1 aliphatic rings. The highest BCUT2D eigenvalue weighted by Crippen LogP contribution is 2.07. The van der Waals surface area contributed by atoms with E-state index in [2.05, 4.69) is 31.1 Å². The zero-order valence-corrected chi connectivity index (χ0v) is 6.36. The van der Waals surface area contributed by atoms with Crippen molar-refractivity contribution in [3.8, 4) is 0 Å². The lowest BCUT2D eigenvalue weighted by atomic mass is 9.98. The molecule has 0 aromatic carbocycles. The van der Waals surface area contributed by atoms with Gasteiger partial charge in [-0.2, -0.15) is 0 Å². The molecule has 52 valence electrons. The fraction of sp³-hybridized carbons (Fsp3) is 0.857. The lowest BCUT2D eigenvalue weighted by Crippen LogP contribution is -2.49. The highest BCUT2D eigenvalue weighted by molar-refractivity contribution is 5.91. The van der Waals surface area contributed by atoms with Crippen molar-refractivity contribution < 1.29 is 0 Å². The maximum Gasteiger partial charge on any atom is 0.0514 e. The fourth-order valence-corrected chi connectivity index (χ4v) is 0.918. The molecule has 2 nitrogen and oxygen atoms in total. The second kappa shape index (κ2) is 2.10. The van der Waals surface area contributed by atoms with Gasteiger partial charge in [-0.05, 0) is 20.8 Å². The molecule has 1 aliphatic heterocycles. The zero-order chi connectivity index (χ0) is 6.91. The Balaban J connectivity index is 2.73. The van der Waals surface area contributed by atoms with E-state index in [4.69, 9.17) is 0 Å². The molecule has 0 unspecified atom stereocenters. The van der Waals surface area contributed by atoms with Gasteiger partial charge in [-0.25, -0.2) is 0 Å². The molecule has 0 saturated heterocycles. The number of nitrogens with zero attached hydrogens (tertiary/aromatic N) is 1. The van der Waals surface area contributed by atoms with Gasteiger partial charge in [0.1, 0.15) is 0 Å². The quantitative estimate of drug-likeness (QED) is 0.511. The largest absolute Gasteiger partial charge is 0.305 e. The summed E-state index contributed by atoms with van der Waals surface area (Å²) in [4.78, 5) is 4.34. The van der Waals surface area contributed by atoms with Crippen LogP contribution in [0, 0.1) is 0 Å². The third-order valence-electron chi connectivity index (χ3n) is 1.93. The molecule has 0 saturated carbocycles. The van der Waals surface area contributed by atoms with Crippen LogP contribution in [0.2, 0.25) is 0 Å². The summed E-state index contributed by atoms with van der Waals surface area (Å²) in [6, 6.07) is 0. The summed E-state index contributed by atoms with van der Waals surface area (Å²) in [6.07, 6.45) is 0. The number of nitrogens with one attached hydrogen (secondary N) is 1. The highest BCUT2D eigenvalue weighted by Gasteiger charge is 2.22. The summed E-state index contributed by atoms with van der Waals surface area (Å²) in [6.45, 7) is 8.35. The molecule has 0 amide bonds. The van der Waals surface area contributed by atoms with Crippen LogP contribution in [0.25, 0.3) is 0 Å². The van der Waals surface area contributed by atoms with Crippen molar-refractivity contribution in [1.29, 1.82) is 0 Å². The van der Waals surface area contributed by atoms with Gasteiger partial charge < -0.3 is 5.32 Å². The van der Waals surface area contributed by atoms with Crippen molar-refractivity contribution in [1.82, 2.24) is 5.32 Å². The van der Waals surface area contributed by atoms with Crippen LogP contribution in [0.15, 0.2) is 4.99 Å². The summed E-state index contributed by atoms with van der Waals surface area (Å²) >= 11 is 0. The van der Waals surface area contributed by atoms with Gasteiger partial charge in [0.2, 0.25) is 0 Å². The lowest BCUT2D eigenvalue weighted by molar-refractivity contribution is 0.488. The minimum atomic E-state index is 0.137. The number of hydrogen-bond acceptors (Lipinski definition) is 2. The van der Waals surface area contributed by atoms with Crippen molar-refractivity contribution in [2.45, 2.75) is 26.3 Å². The van der Waals surface area contributed by atoms with Gasteiger partial charge in [-0.15, -0.1) is 0 Å². The minimum Gasteiger partial charge on any atom is -0.305 e. The summed E-state index contributed by atoms with van der Waals surface area (Å²) < 4.78 is 0. The second-order valence-electron chi connectivity index (χ2n) is 3.02. The first-order valence-corrected chi connectivity index (χ1v) is 3.39. The number of rotatable bonds is 0. The molecule has 0 aliphatic carbocycles. The first-order chi connectivity index (χ1) is 4.13. The summed E-state index contributed by atoms with van der Waals surface area (Å²) in [5.74, 6) is 0. The zero-order valence-electron chi connectivity index (χ0n) is 6.36. The molecule has 1 heterocycles. The molecule has 0 spiro atoms. The summed E-state index contributed by atoms with van der Waals surface area (Å²) in [7, 11) is 0. The van der Waals surface area contributed by atoms with Crippen LogP contribution in [0.4, 0.5) is 0 Å². The van der Waals surface area contributed by atoms with E-state index in [0.29, 0.717) is 0 Å². The Hall–Kier alpha value is -0.370. The van der Waals surface area contributed by atoms with Crippen molar-refractivity contribution in [3.63, 3.8) is 0 Å². The van der Waals surface area contributed by atoms with Gasteiger partial charge in [0.15, 0.2) is 0 Å². The predicted molar refractivity (Wildman–Crippen MR) is 40.1 cm³/mol. The standard InChI is InChI=1S/C7H14N2/c1-6-7(2,3)9-5-4-8-6/h9H,4-5H2,1-3H3. The summed E-state index contributed by atoms with van der Waals surface area (Å²) in [5, 5.41) is 3.38. The van der Waals surface area contributed by atoms with E-state index < -0.39 is 0 Å². The molecule has 1 N–H and O–H groups in total. The highest BCUT2D eigenvalue weighted by atomic mass is 15.0.